The highest BCUT2D eigenvalue weighted by Gasteiger charge is 2.09. The van der Waals surface area contributed by atoms with Gasteiger partial charge in [-0.05, 0) is 125 Å². The summed E-state index contributed by atoms with van der Waals surface area (Å²) in [5.74, 6) is 0.910. The predicted molar refractivity (Wildman–Crippen MR) is 162 cm³/mol. The topological polar surface area (TPSA) is 20.2 Å². The van der Waals surface area contributed by atoms with E-state index < -0.39 is 0 Å². The molecule has 0 radical (unpaired) electrons. The van der Waals surface area contributed by atoms with Crippen molar-refractivity contribution in [1.29, 1.82) is 0 Å². The summed E-state index contributed by atoms with van der Waals surface area (Å²) in [6, 6.07) is 0. The van der Waals surface area contributed by atoms with Crippen LogP contribution in [0.25, 0.3) is 0 Å². The minimum Gasteiger partial charge on any atom is -0.400 e. The van der Waals surface area contributed by atoms with Crippen LogP contribution >= 0.6 is 0 Å². The fourth-order valence-electron chi connectivity index (χ4n) is 3.99. The van der Waals surface area contributed by atoms with Crippen molar-refractivity contribution in [3.8, 4) is 0 Å². The summed E-state index contributed by atoms with van der Waals surface area (Å²) >= 11 is 0. The lowest BCUT2D eigenvalue weighted by Gasteiger charge is -2.18. The maximum atomic E-state index is 7.00. The Balaban J connectivity index is 0. The molecule has 1 atom stereocenters. The molecule has 1 rings (SSSR count). The lowest BCUT2D eigenvalue weighted by Crippen LogP contribution is -2.02. The number of hydrogen-bond donors (Lipinski definition) is 1. The lowest BCUT2D eigenvalue weighted by molar-refractivity contribution is 0.399. The van der Waals surface area contributed by atoms with Gasteiger partial charge in [0.15, 0.2) is 0 Å². The van der Waals surface area contributed by atoms with E-state index in [1.807, 2.05) is 0 Å². The molecule has 35 heavy (non-hydrogen) atoms. The van der Waals surface area contributed by atoms with Crippen molar-refractivity contribution >= 4 is 0 Å². The maximum Gasteiger partial charge on any atom is 0.0319 e. The van der Waals surface area contributed by atoms with Crippen LogP contribution in [0.15, 0.2) is 70.4 Å². The zero-order chi connectivity index (χ0) is 27.1. The van der Waals surface area contributed by atoms with E-state index in [1.54, 1.807) is 11.1 Å². The van der Waals surface area contributed by atoms with Crippen LogP contribution in [0, 0.1) is 5.92 Å². The molecule has 1 aliphatic carbocycles. The molecule has 0 fully saturated rings. The maximum absolute atomic E-state index is 7.00. The summed E-state index contributed by atoms with van der Waals surface area (Å²) in [4.78, 5) is 0. The number of allylic oxidation sites excluding steroid dienone is 11. The van der Waals surface area contributed by atoms with Gasteiger partial charge in [-0.3, -0.25) is 0 Å². The quantitative estimate of drug-likeness (QED) is 0.258. The molecule has 1 heteroatoms. The second-order valence-electron chi connectivity index (χ2n) is 10.7. The largest absolute Gasteiger partial charge is 0.400 e. The van der Waals surface area contributed by atoms with Crippen molar-refractivity contribution in [2.75, 3.05) is 7.11 Å². The first kappa shape index (κ1) is 35.6. The van der Waals surface area contributed by atoms with Gasteiger partial charge in [-0.2, -0.15) is 0 Å². The van der Waals surface area contributed by atoms with E-state index in [0.29, 0.717) is 0 Å². The first-order chi connectivity index (χ1) is 16.6. The minimum absolute atomic E-state index is 0.910. The molecular weight excluding hydrogens is 424 g/mol. The van der Waals surface area contributed by atoms with Crippen molar-refractivity contribution in [2.45, 2.75) is 132 Å². The van der Waals surface area contributed by atoms with Gasteiger partial charge < -0.3 is 5.11 Å². The third-order valence-electron chi connectivity index (χ3n) is 6.33. The highest BCUT2D eigenvalue weighted by molar-refractivity contribution is 5.09. The summed E-state index contributed by atoms with van der Waals surface area (Å²) in [5, 5.41) is 7.00. The Kier molecular flexibility index (Phi) is 24.5. The number of aliphatic hydroxyl groups is 1. The second-order valence-corrected chi connectivity index (χ2v) is 10.7. The van der Waals surface area contributed by atoms with Gasteiger partial charge in [0.05, 0.1) is 0 Å². The second kappa shape index (κ2) is 24.1. The van der Waals surface area contributed by atoms with Crippen LogP contribution in [0.2, 0.25) is 0 Å². The van der Waals surface area contributed by atoms with Gasteiger partial charge in [0, 0.05) is 7.11 Å². The third kappa shape index (κ3) is 25.3. The van der Waals surface area contributed by atoms with Crippen LogP contribution in [-0.4, -0.2) is 12.2 Å². The van der Waals surface area contributed by atoms with Crippen LogP contribution < -0.4 is 0 Å². The van der Waals surface area contributed by atoms with Gasteiger partial charge >= 0.3 is 0 Å². The molecule has 0 aromatic heterocycles. The number of hydrogen-bond acceptors (Lipinski definition) is 1. The van der Waals surface area contributed by atoms with Crippen LogP contribution in [0.4, 0.5) is 0 Å². The van der Waals surface area contributed by atoms with Gasteiger partial charge in [0.25, 0.3) is 0 Å². The molecule has 0 amide bonds. The van der Waals surface area contributed by atoms with E-state index in [4.69, 9.17) is 5.11 Å². The first-order valence-electron chi connectivity index (χ1n) is 14.0. The van der Waals surface area contributed by atoms with E-state index in [1.165, 1.54) is 80.1 Å². The Hall–Kier alpha value is -1.60. The molecule has 0 spiro atoms. The van der Waals surface area contributed by atoms with Crippen molar-refractivity contribution in [3.63, 3.8) is 0 Å². The Morgan fingerprint density at radius 3 is 1.77 bits per heavy atom. The smallest absolute Gasteiger partial charge is 0.0319 e. The van der Waals surface area contributed by atoms with Crippen LogP contribution in [0.3, 0.4) is 0 Å². The molecule has 1 N–H and O–H groups in total. The van der Waals surface area contributed by atoms with Gasteiger partial charge in [-0.25, -0.2) is 0 Å². The summed E-state index contributed by atoms with van der Waals surface area (Å²) in [7, 11) is 1.00. The zero-order valence-corrected chi connectivity index (χ0v) is 25.1. The van der Waals surface area contributed by atoms with Crippen molar-refractivity contribution < 1.29 is 5.11 Å². The third-order valence-corrected chi connectivity index (χ3v) is 6.33. The Labute approximate surface area is 220 Å². The molecule has 0 aliphatic heterocycles. The molecule has 0 saturated heterocycles. The van der Waals surface area contributed by atoms with E-state index in [0.717, 1.165) is 32.3 Å². The molecule has 0 aromatic rings. The van der Waals surface area contributed by atoms with E-state index in [9.17, 15) is 0 Å². The molecule has 0 bridgehead atoms. The SMILES string of the molecule is C=C(CC)CC/C=C(\C)CCC=C(C)C.CC(C)=CCC/C(C)=C/CCC1=CCCC(C)C1.CO. The highest BCUT2D eigenvalue weighted by Crippen LogP contribution is 2.26. The van der Waals surface area contributed by atoms with E-state index >= 15 is 0 Å². The minimum atomic E-state index is 0.910. The fourth-order valence-corrected chi connectivity index (χ4v) is 3.99. The highest BCUT2D eigenvalue weighted by atomic mass is 16.2. The van der Waals surface area contributed by atoms with Gasteiger partial charge in [-0.15, -0.1) is 0 Å². The van der Waals surface area contributed by atoms with Gasteiger partial charge in [0.2, 0.25) is 0 Å². The Morgan fingerprint density at radius 1 is 0.829 bits per heavy atom. The summed E-state index contributed by atoms with van der Waals surface area (Å²) in [6.45, 7) is 21.7. The lowest BCUT2D eigenvalue weighted by atomic mass is 9.88. The van der Waals surface area contributed by atoms with Crippen LogP contribution in [0.1, 0.15) is 132 Å². The summed E-state index contributed by atoms with van der Waals surface area (Å²) in [5.41, 5.74) is 8.98. The molecule has 1 unspecified atom stereocenters. The number of rotatable bonds is 13. The van der Waals surface area contributed by atoms with Crippen molar-refractivity contribution in [2.24, 2.45) is 5.92 Å². The van der Waals surface area contributed by atoms with Gasteiger partial charge in [-0.1, -0.05) is 84.2 Å². The van der Waals surface area contributed by atoms with Crippen LogP contribution in [-0.2, 0) is 0 Å². The van der Waals surface area contributed by atoms with E-state index in [-0.39, 0.29) is 0 Å². The zero-order valence-electron chi connectivity index (χ0n) is 25.1. The molecule has 202 valence electrons. The number of aliphatic hydroxyl groups excluding tert-OH is 1. The summed E-state index contributed by atoms with van der Waals surface area (Å²) in [6.07, 6.45) is 26.7. The van der Waals surface area contributed by atoms with Gasteiger partial charge in [0.1, 0.15) is 0 Å². The molecule has 0 aromatic carbocycles. The predicted octanol–water partition coefficient (Wildman–Crippen LogP) is 11.2. The van der Waals surface area contributed by atoms with Crippen molar-refractivity contribution in [1.82, 2.24) is 0 Å². The average Bonchev–Trinajstić information content (AvgIpc) is 2.80. The summed E-state index contributed by atoms with van der Waals surface area (Å²) < 4.78 is 0. The standard InChI is InChI=1S/C18H30.C15H26.CH4O/c1-15(2)8-5-9-16(3)10-6-12-18-13-7-11-17(4)14-18;1-6-14(4)10-8-12-15(5)11-7-9-13(2)3;1-2/h8,10,13,17H,5-7,9,11-12,14H2,1-4H3;9,12H,4,6-8,10-11H2,1-3,5H3;2H,1H3/b16-10+;15-12+;. The van der Waals surface area contributed by atoms with Crippen LogP contribution in [0.5, 0.6) is 0 Å². The molecular formula is C34H60O. The normalized spacial score (nSPS) is 15.6. The van der Waals surface area contributed by atoms with E-state index in [2.05, 4.69) is 92.3 Å². The Morgan fingerprint density at radius 2 is 1.31 bits per heavy atom. The Bertz CT molecular complexity index is 688. The first-order valence-corrected chi connectivity index (χ1v) is 14.0. The molecule has 0 heterocycles. The molecule has 0 saturated carbocycles. The average molecular weight is 485 g/mol. The fraction of sp³-hybridized carbons (Fsp3) is 0.647. The monoisotopic (exact) mass is 484 g/mol. The van der Waals surface area contributed by atoms with Crippen molar-refractivity contribution in [3.05, 3.63) is 70.4 Å². The molecule has 1 aliphatic rings. The molecule has 1 nitrogen and oxygen atoms in total.